The van der Waals surface area contributed by atoms with Crippen LogP contribution >= 0.6 is 0 Å². The van der Waals surface area contributed by atoms with E-state index in [1.54, 1.807) is 14.1 Å². The van der Waals surface area contributed by atoms with Crippen LogP contribution in [0.3, 0.4) is 0 Å². The highest BCUT2D eigenvalue weighted by Gasteiger charge is 2.01. The molecule has 1 rings (SSSR count). The van der Waals surface area contributed by atoms with E-state index >= 15 is 0 Å². The number of urea groups is 1. The highest BCUT2D eigenvalue weighted by Crippen LogP contribution is 2.07. The largest absolute Gasteiger partial charge is 0.370 e. The van der Waals surface area contributed by atoms with Gasteiger partial charge in [0.1, 0.15) is 11.6 Å². The number of nitrogens with one attached hydrogen (secondary N) is 3. The number of carbonyl (C=O) groups is 1. The molecular formula is C12H21N5O. The van der Waals surface area contributed by atoms with Crippen LogP contribution in [-0.4, -0.2) is 49.6 Å². The average molecular weight is 251 g/mol. The van der Waals surface area contributed by atoms with Gasteiger partial charge in [-0.2, -0.15) is 0 Å². The molecule has 0 bridgehead atoms. The van der Waals surface area contributed by atoms with Crippen molar-refractivity contribution < 1.29 is 4.79 Å². The summed E-state index contributed by atoms with van der Waals surface area (Å²) in [6.07, 6.45) is 0. The minimum Gasteiger partial charge on any atom is -0.370 e. The third kappa shape index (κ3) is 4.90. The van der Waals surface area contributed by atoms with Gasteiger partial charge in [0, 0.05) is 33.7 Å². The molecule has 0 aliphatic carbocycles. The van der Waals surface area contributed by atoms with E-state index in [2.05, 4.69) is 20.9 Å². The number of amides is 2. The van der Waals surface area contributed by atoms with Crippen LogP contribution in [0, 0.1) is 0 Å². The summed E-state index contributed by atoms with van der Waals surface area (Å²) in [6, 6.07) is 5.66. The van der Waals surface area contributed by atoms with Gasteiger partial charge in [0.05, 0.1) is 0 Å². The molecule has 1 heterocycles. The van der Waals surface area contributed by atoms with Gasteiger partial charge in [0.25, 0.3) is 0 Å². The number of pyridine rings is 1. The van der Waals surface area contributed by atoms with Crippen LogP contribution in [0.4, 0.5) is 16.4 Å². The van der Waals surface area contributed by atoms with Crippen molar-refractivity contribution in [1.82, 2.24) is 15.2 Å². The summed E-state index contributed by atoms with van der Waals surface area (Å²) in [5.74, 6) is 1.65. The molecule has 0 saturated carbocycles. The van der Waals surface area contributed by atoms with Crippen LogP contribution in [0.15, 0.2) is 18.2 Å². The van der Waals surface area contributed by atoms with E-state index in [1.807, 2.05) is 25.1 Å². The molecule has 0 spiro atoms. The van der Waals surface area contributed by atoms with Crippen molar-refractivity contribution in [2.45, 2.75) is 6.92 Å². The lowest BCUT2D eigenvalue weighted by Gasteiger charge is -2.12. The predicted molar refractivity (Wildman–Crippen MR) is 74.0 cm³/mol. The number of anilines is 2. The lowest BCUT2D eigenvalue weighted by Crippen LogP contribution is -2.37. The summed E-state index contributed by atoms with van der Waals surface area (Å²) in [6.45, 7) is 4.07. The number of aromatic nitrogens is 1. The Bertz CT molecular complexity index is 380. The van der Waals surface area contributed by atoms with E-state index in [9.17, 15) is 4.79 Å². The molecule has 18 heavy (non-hydrogen) atoms. The minimum atomic E-state index is -0.0915. The molecule has 6 heteroatoms. The van der Waals surface area contributed by atoms with Gasteiger partial charge < -0.3 is 20.9 Å². The number of hydrogen-bond donors (Lipinski definition) is 3. The SMILES string of the molecule is CCNc1cccc(NCCNC(=O)N(C)C)n1. The van der Waals surface area contributed by atoms with E-state index in [0.717, 1.165) is 18.2 Å². The summed E-state index contributed by atoms with van der Waals surface area (Å²) in [7, 11) is 3.43. The highest BCUT2D eigenvalue weighted by atomic mass is 16.2. The van der Waals surface area contributed by atoms with Gasteiger partial charge in [-0.05, 0) is 19.1 Å². The molecule has 6 nitrogen and oxygen atoms in total. The van der Waals surface area contributed by atoms with Crippen LogP contribution < -0.4 is 16.0 Å². The molecule has 3 N–H and O–H groups in total. The smallest absolute Gasteiger partial charge is 0.316 e. The Balaban J connectivity index is 2.30. The monoisotopic (exact) mass is 251 g/mol. The third-order valence-corrected chi connectivity index (χ3v) is 2.22. The molecule has 0 atom stereocenters. The molecule has 100 valence electrons. The summed E-state index contributed by atoms with van der Waals surface area (Å²) < 4.78 is 0. The van der Waals surface area contributed by atoms with Crippen molar-refractivity contribution in [2.24, 2.45) is 0 Å². The Hall–Kier alpha value is -1.98. The van der Waals surface area contributed by atoms with Crippen molar-refractivity contribution in [3.63, 3.8) is 0 Å². The zero-order valence-electron chi connectivity index (χ0n) is 11.2. The second kappa shape index (κ2) is 7.37. The maximum Gasteiger partial charge on any atom is 0.316 e. The van der Waals surface area contributed by atoms with Crippen LogP contribution in [0.5, 0.6) is 0 Å². The van der Waals surface area contributed by atoms with Crippen molar-refractivity contribution in [1.29, 1.82) is 0 Å². The van der Waals surface area contributed by atoms with Crippen molar-refractivity contribution in [3.05, 3.63) is 18.2 Å². The Labute approximate surface area is 108 Å². The van der Waals surface area contributed by atoms with Gasteiger partial charge in [-0.15, -0.1) is 0 Å². The van der Waals surface area contributed by atoms with Gasteiger partial charge in [0.15, 0.2) is 0 Å². The Morgan fingerprint density at radius 1 is 1.22 bits per heavy atom. The number of carbonyl (C=O) groups excluding carboxylic acids is 1. The number of nitrogens with zero attached hydrogens (tertiary/aromatic N) is 2. The minimum absolute atomic E-state index is 0.0915. The first-order chi connectivity index (χ1) is 8.63. The fourth-order valence-electron chi connectivity index (χ4n) is 1.33. The van der Waals surface area contributed by atoms with Crippen molar-refractivity contribution in [2.75, 3.05) is 44.4 Å². The molecule has 2 amide bonds. The maximum atomic E-state index is 11.3. The Morgan fingerprint density at radius 2 is 1.89 bits per heavy atom. The lowest BCUT2D eigenvalue weighted by atomic mass is 10.4. The molecule has 0 aromatic carbocycles. The standard InChI is InChI=1S/C12H21N5O/c1-4-13-10-6-5-7-11(16-10)14-8-9-15-12(18)17(2)3/h5-7H,4,8-9H2,1-3H3,(H,15,18)(H2,13,14,16). The second-order valence-electron chi connectivity index (χ2n) is 3.99. The molecule has 0 radical (unpaired) electrons. The lowest BCUT2D eigenvalue weighted by molar-refractivity contribution is 0.218. The quantitative estimate of drug-likeness (QED) is 0.664. The molecule has 0 aliphatic rings. The Morgan fingerprint density at radius 3 is 2.50 bits per heavy atom. The second-order valence-corrected chi connectivity index (χ2v) is 3.99. The summed E-state index contributed by atoms with van der Waals surface area (Å²) in [5, 5.41) is 9.07. The van der Waals surface area contributed by atoms with Crippen LogP contribution in [-0.2, 0) is 0 Å². The zero-order chi connectivity index (χ0) is 13.4. The normalized spacial score (nSPS) is 9.72. The summed E-state index contributed by atoms with van der Waals surface area (Å²) >= 11 is 0. The first kappa shape index (κ1) is 14.1. The van der Waals surface area contributed by atoms with Crippen LogP contribution in [0.1, 0.15) is 6.92 Å². The molecule has 0 saturated heterocycles. The molecular weight excluding hydrogens is 230 g/mol. The molecule has 0 aliphatic heterocycles. The van der Waals surface area contributed by atoms with Crippen LogP contribution in [0.25, 0.3) is 0 Å². The van der Waals surface area contributed by atoms with Gasteiger partial charge in [-0.1, -0.05) is 6.07 Å². The van der Waals surface area contributed by atoms with E-state index < -0.39 is 0 Å². The number of rotatable bonds is 6. The van der Waals surface area contributed by atoms with E-state index in [0.29, 0.717) is 13.1 Å². The van der Waals surface area contributed by atoms with E-state index in [1.165, 1.54) is 4.90 Å². The van der Waals surface area contributed by atoms with E-state index in [-0.39, 0.29) is 6.03 Å². The molecule has 1 aromatic rings. The fourth-order valence-corrected chi connectivity index (χ4v) is 1.33. The zero-order valence-corrected chi connectivity index (χ0v) is 11.2. The maximum absolute atomic E-state index is 11.3. The van der Waals surface area contributed by atoms with Gasteiger partial charge >= 0.3 is 6.03 Å². The highest BCUT2D eigenvalue weighted by molar-refractivity contribution is 5.73. The van der Waals surface area contributed by atoms with Crippen molar-refractivity contribution in [3.8, 4) is 0 Å². The summed E-state index contributed by atoms with van der Waals surface area (Å²) in [4.78, 5) is 17.1. The van der Waals surface area contributed by atoms with E-state index in [4.69, 9.17) is 0 Å². The predicted octanol–water partition coefficient (Wildman–Crippen LogP) is 1.20. The Kier molecular flexibility index (Phi) is 5.76. The topological polar surface area (TPSA) is 69.3 Å². The first-order valence-corrected chi connectivity index (χ1v) is 6.03. The van der Waals surface area contributed by atoms with Crippen LogP contribution in [0.2, 0.25) is 0 Å². The average Bonchev–Trinajstić information content (AvgIpc) is 2.35. The molecule has 0 fully saturated rings. The third-order valence-electron chi connectivity index (χ3n) is 2.22. The number of hydrogen-bond acceptors (Lipinski definition) is 4. The molecule has 0 unspecified atom stereocenters. The van der Waals surface area contributed by atoms with Gasteiger partial charge in [-0.25, -0.2) is 9.78 Å². The van der Waals surface area contributed by atoms with Gasteiger partial charge in [-0.3, -0.25) is 0 Å². The summed E-state index contributed by atoms with van der Waals surface area (Å²) in [5.41, 5.74) is 0. The molecule has 1 aromatic heterocycles. The first-order valence-electron chi connectivity index (χ1n) is 6.03. The van der Waals surface area contributed by atoms with Crippen molar-refractivity contribution >= 4 is 17.7 Å². The van der Waals surface area contributed by atoms with Gasteiger partial charge in [0.2, 0.25) is 0 Å². The fraction of sp³-hybridized carbons (Fsp3) is 0.500.